The third-order valence-electron chi connectivity index (χ3n) is 4.72. The molecule has 0 unspecified atom stereocenters. The van der Waals surface area contributed by atoms with Crippen LogP contribution in [0.15, 0.2) is 59.5 Å². The second-order valence-corrected chi connectivity index (χ2v) is 6.51. The Balaban J connectivity index is 2.14. The molecule has 0 aliphatic heterocycles. The van der Waals surface area contributed by atoms with E-state index in [2.05, 4.69) is 4.98 Å². The molecule has 7 heteroatoms. The Labute approximate surface area is 160 Å². The summed E-state index contributed by atoms with van der Waals surface area (Å²) in [7, 11) is 1.25. The summed E-state index contributed by atoms with van der Waals surface area (Å²) in [5.41, 5.74) is 2.33. The monoisotopic (exact) mass is 374 g/mol. The van der Waals surface area contributed by atoms with Gasteiger partial charge in [0, 0.05) is 6.20 Å². The van der Waals surface area contributed by atoms with Crippen LogP contribution in [-0.4, -0.2) is 27.0 Å². The number of carbonyl (C=O) groups is 1. The molecule has 0 radical (unpaired) electrons. The molecule has 0 bridgehead atoms. The minimum Gasteiger partial charge on any atom is -0.465 e. The molecule has 1 N–H and O–H groups in total. The third-order valence-corrected chi connectivity index (χ3v) is 4.72. The zero-order chi connectivity index (χ0) is 19.8. The SMILES string of the molecule is COC(=O)c1cc2c(=O)n3cccc(C)c3nc2n(Cc2ccccc2)c1=N. The van der Waals surface area contributed by atoms with Crippen LogP contribution >= 0.6 is 0 Å². The molecule has 0 fully saturated rings. The fourth-order valence-corrected chi connectivity index (χ4v) is 3.28. The van der Waals surface area contributed by atoms with Crippen molar-refractivity contribution < 1.29 is 9.53 Å². The number of benzene rings is 1. The normalized spacial score (nSPS) is 11.1. The van der Waals surface area contributed by atoms with Crippen molar-refractivity contribution >= 4 is 22.6 Å². The molecule has 0 spiro atoms. The van der Waals surface area contributed by atoms with E-state index in [0.717, 1.165) is 11.1 Å². The van der Waals surface area contributed by atoms with Gasteiger partial charge in [-0.25, -0.2) is 9.78 Å². The van der Waals surface area contributed by atoms with Gasteiger partial charge in [0.15, 0.2) is 0 Å². The number of ether oxygens (including phenoxy) is 1. The number of nitrogens with one attached hydrogen (secondary N) is 1. The lowest BCUT2D eigenvalue weighted by molar-refractivity contribution is 0.0597. The molecule has 0 aliphatic rings. The van der Waals surface area contributed by atoms with Gasteiger partial charge in [-0.2, -0.15) is 0 Å². The number of aryl methyl sites for hydroxylation is 1. The maximum Gasteiger partial charge on any atom is 0.341 e. The summed E-state index contributed by atoms with van der Waals surface area (Å²) in [5.74, 6) is -0.664. The summed E-state index contributed by atoms with van der Waals surface area (Å²) in [6.45, 7) is 2.18. The summed E-state index contributed by atoms with van der Waals surface area (Å²) < 4.78 is 7.84. The lowest BCUT2D eigenvalue weighted by Gasteiger charge is -2.14. The number of hydrogen-bond acceptors (Lipinski definition) is 5. The Morgan fingerprint density at radius 1 is 1.14 bits per heavy atom. The number of esters is 1. The smallest absolute Gasteiger partial charge is 0.341 e. The van der Waals surface area contributed by atoms with E-state index in [4.69, 9.17) is 10.1 Å². The van der Waals surface area contributed by atoms with E-state index in [0.29, 0.717) is 17.8 Å². The fraction of sp³-hybridized carbons (Fsp3) is 0.143. The molecule has 7 nitrogen and oxygen atoms in total. The first kappa shape index (κ1) is 17.7. The number of fused-ring (bicyclic) bond motifs is 2. The van der Waals surface area contributed by atoms with Gasteiger partial charge in [-0.05, 0) is 30.2 Å². The van der Waals surface area contributed by atoms with Crippen molar-refractivity contribution in [2.75, 3.05) is 7.11 Å². The number of rotatable bonds is 3. The van der Waals surface area contributed by atoms with Crippen molar-refractivity contribution in [2.45, 2.75) is 13.5 Å². The van der Waals surface area contributed by atoms with Crippen molar-refractivity contribution in [1.29, 1.82) is 5.41 Å². The van der Waals surface area contributed by atoms with Crippen LogP contribution in [0.2, 0.25) is 0 Å². The van der Waals surface area contributed by atoms with Gasteiger partial charge in [-0.15, -0.1) is 0 Å². The van der Waals surface area contributed by atoms with E-state index in [1.165, 1.54) is 17.6 Å². The van der Waals surface area contributed by atoms with Gasteiger partial charge in [-0.3, -0.25) is 14.6 Å². The van der Waals surface area contributed by atoms with E-state index >= 15 is 0 Å². The minimum absolute atomic E-state index is 0.0254. The molecular weight excluding hydrogens is 356 g/mol. The second kappa shape index (κ2) is 6.77. The first-order valence-electron chi connectivity index (χ1n) is 8.73. The molecule has 140 valence electrons. The van der Waals surface area contributed by atoms with Crippen LogP contribution in [-0.2, 0) is 11.3 Å². The molecule has 3 aromatic heterocycles. The van der Waals surface area contributed by atoms with Gasteiger partial charge in [-0.1, -0.05) is 36.4 Å². The van der Waals surface area contributed by atoms with Crippen LogP contribution in [0.5, 0.6) is 0 Å². The van der Waals surface area contributed by atoms with Crippen LogP contribution in [0, 0.1) is 12.3 Å². The third kappa shape index (κ3) is 2.77. The minimum atomic E-state index is -0.664. The molecule has 4 rings (SSSR count). The quantitative estimate of drug-likeness (QED) is 0.440. The molecule has 28 heavy (non-hydrogen) atoms. The summed E-state index contributed by atoms with van der Waals surface area (Å²) in [4.78, 5) is 30.0. The maximum atomic E-state index is 13.1. The molecular formula is C21H18N4O3. The van der Waals surface area contributed by atoms with E-state index in [9.17, 15) is 9.59 Å². The number of nitrogens with zero attached hydrogens (tertiary/aromatic N) is 3. The average molecular weight is 374 g/mol. The van der Waals surface area contributed by atoms with E-state index < -0.39 is 5.97 Å². The Morgan fingerprint density at radius 2 is 1.89 bits per heavy atom. The largest absolute Gasteiger partial charge is 0.465 e. The number of pyridine rings is 2. The Hall–Kier alpha value is -3.74. The van der Waals surface area contributed by atoms with Gasteiger partial charge in [0.25, 0.3) is 5.56 Å². The van der Waals surface area contributed by atoms with Gasteiger partial charge in [0.1, 0.15) is 22.3 Å². The molecule has 0 saturated carbocycles. The summed E-state index contributed by atoms with van der Waals surface area (Å²) in [6.07, 6.45) is 1.64. The number of hydrogen-bond donors (Lipinski definition) is 1. The highest BCUT2D eigenvalue weighted by molar-refractivity contribution is 5.93. The molecule has 0 atom stereocenters. The molecule has 4 aromatic rings. The predicted octanol–water partition coefficient (Wildman–Crippen LogP) is 2.27. The van der Waals surface area contributed by atoms with Gasteiger partial charge in [0.2, 0.25) is 0 Å². The standard InChI is InChI=1S/C21H18N4O3/c1-13-7-6-10-24-18(13)23-19-16(20(24)26)11-15(21(27)28-2)17(22)25(19)12-14-8-4-3-5-9-14/h3-11,22H,12H2,1-2H3. The molecule has 0 amide bonds. The summed E-state index contributed by atoms with van der Waals surface area (Å²) in [5, 5.41) is 8.82. The first-order valence-corrected chi connectivity index (χ1v) is 8.73. The molecule has 0 saturated heterocycles. The van der Waals surface area contributed by atoms with Gasteiger partial charge in [0.05, 0.1) is 19.0 Å². The number of carbonyl (C=O) groups excluding carboxylic acids is 1. The lowest BCUT2D eigenvalue weighted by atomic mass is 10.1. The highest BCUT2D eigenvalue weighted by atomic mass is 16.5. The van der Waals surface area contributed by atoms with E-state index in [1.54, 1.807) is 16.8 Å². The van der Waals surface area contributed by atoms with Crippen molar-refractivity contribution in [3.63, 3.8) is 0 Å². The molecule has 1 aromatic carbocycles. The van der Waals surface area contributed by atoms with Crippen LogP contribution < -0.4 is 11.0 Å². The topological polar surface area (TPSA) is 89.4 Å². The Bertz CT molecular complexity index is 1340. The van der Waals surface area contributed by atoms with Crippen molar-refractivity contribution in [1.82, 2.24) is 14.0 Å². The summed E-state index contributed by atoms with van der Waals surface area (Å²) >= 11 is 0. The van der Waals surface area contributed by atoms with E-state index in [-0.39, 0.29) is 22.0 Å². The highest BCUT2D eigenvalue weighted by Gasteiger charge is 2.18. The van der Waals surface area contributed by atoms with Crippen LogP contribution in [0.4, 0.5) is 0 Å². The fourth-order valence-electron chi connectivity index (χ4n) is 3.28. The highest BCUT2D eigenvalue weighted by Crippen LogP contribution is 2.14. The number of methoxy groups -OCH3 is 1. The Kier molecular flexibility index (Phi) is 4.27. The zero-order valence-corrected chi connectivity index (χ0v) is 15.5. The summed E-state index contributed by atoms with van der Waals surface area (Å²) in [6, 6.07) is 14.6. The van der Waals surface area contributed by atoms with Gasteiger partial charge < -0.3 is 9.30 Å². The van der Waals surface area contributed by atoms with Crippen molar-refractivity contribution in [3.8, 4) is 0 Å². The van der Waals surface area contributed by atoms with Crippen molar-refractivity contribution in [2.24, 2.45) is 0 Å². The van der Waals surface area contributed by atoms with Crippen LogP contribution in [0.25, 0.3) is 16.7 Å². The Morgan fingerprint density at radius 3 is 2.61 bits per heavy atom. The van der Waals surface area contributed by atoms with Crippen molar-refractivity contribution in [3.05, 3.63) is 87.3 Å². The number of aromatic nitrogens is 3. The van der Waals surface area contributed by atoms with Crippen LogP contribution in [0.3, 0.4) is 0 Å². The molecule has 0 aliphatic carbocycles. The first-order chi connectivity index (χ1) is 13.5. The van der Waals surface area contributed by atoms with E-state index in [1.807, 2.05) is 43.3 Å². The maximum absolute atomic E-state index is 13.1. The molecule has 3 heterocycles. The average Bonchev–Trinajstić information content (AvgIpc) is 2.71. The van der Waals surface area contributed by atoms with Gasteiger partial charge >= 0.3 is 5.97 Å². The van der Waals surface area contributed by atoms with Crippen LogP contribution in [0.1, 0.15) is 21.5 Å². The zero-order valence-electron chi connectivity index (χ0n) is 15.5. The second-order valence-electron chi connectivity index (χ2n) is 6.51. The lowest BCUT2D eigenvalue weighted by Crippen LogP contribution is -2.31. The predicted molar refractivity (Wildman–Crippen MR) is 104 cm³/mol.